The van der Waals surface area contributed by atoms with Crippen LogP contribution in [-0.4, -0.2) is 16.3 Å². The van der Waals surface area contributed by atoms with Crippen molar-refractivity contribution in [2.24, 2.45) is 0 Å². The first kappa shape index (κ1) is 11.8. The Balaban J connectivity index is 2.32. The fraction of sp³-hybridized carbons (Fsp3) is 0.333. The van der Waals surface area contributed by atoms with Crippen LogP contribution in [0.1, 0.15) is 12.8 Å². The van der Waals surface area contributed by atoms with Crippen molar-refractivity contribution >= 4 is 34.1 Å². The van der Waals surface area contributed by atoms with Gasteiger partial charge in [0.1, 0.15) is 0 Å². The van der Waals surface area contributed by atoms with Crippen LogP contribution in [0.15, 0.2) is 24.4 Å². The Morgan fingerprint density at radius 1 is 1.19 bits per heavy atom. The van der Waals surface area contributed by atoms with Crippen molar-refractivity contribution < 1.29 is 5.11 Å². The molecule has 0 fully saturated rings. The van der Waals surface area contributed by atoms with Crippen LogP contribution in [0.2, 0.25) is 10.0 Å². The molecular weight excluding hydrogens is 245 g/mol. The van der Waals surface area contributed by atoms with Crippen LogP contribution in [0, 0.1) is 0 Å². The van der Waals surface area contributed by atoms with Crippen LogP contribution < -0.4 is 0 Å². The van der Waals surface area contributed by atoms with Gasteiger partial charge in [0.25, 0.3) is 0 Å². The maximum atomic E-state index is 8.74. The van der Waals surface area contributed by atoms with Crippen molar-refractivity contribution in [1.29, 1.82) is 0 Å². The highest BCUT2D eigenvalue weighted by molar-refractivity contribution is 6.38. The minimum absolute atomic E-state index is 0.237. The van der Waals surface area contributed by atoms with E-state index in [9.17, 15) is 0 Å². The van der Waals surface area contributed by atoms with Crippen LogP contribution in [0.5, 0.6) is 0 Å². The average Bonchev–Trinajstić information content (AvgIpc) is 2.62. The second-order valence-electron chi connectivity index (χ2n) is 3.76. The molecule has 2 rings (SSSR count). The summed E-state index contributed by atoms with van der Waals surface area (Å²) in [4.78, 5) is 0. The third-order valence-electron chi connectivity index (χ3n) is 2.61. The molecular formula is C12H13Cl2NO. The van der Waals surface area contributed by atoms with Gasteiger partial charge in [0.05, 0.1) is 10.5 Å². The SMILES string of the molecule is OCCCCn1ccc2c(Cl)cc(Cl)cc21. The lowest BCUT2D eigenvalue weighted by Crippen LogP contribution is -1.97. The van der Waals surface area contributed by atoms with Crippen molar-refractivity contribution in [2.75, 3.05) is 6.61 Å². The third kappa shape index (κ3) is 2.34. The summed E-state index contributed by atoms with van der Waals surface area (Å²) in [6.45, 7) is 1.11. The van der Waals surface area contributed by atoms with Gasteiger partial charge < -0.3 is 9.67 Å². The molecule has 0 unspecified atom stereocenters. The number of nitrogens with zero attached hydrogens (tertiary/aromatic N) is 1. The van der Waals surface area contributed by atoms with E-state index in [-0.39, 0.29) is 6.61 Å². The molecule has 1 aromatic carbocycles. The molecule has 0 saturated heterocycles. The van der Waals surface area contributed by atoms with Gasteiger partial charge in [-0.25, -0.2) is 0 Å². The second-order valence-corrected chi connectivity index (χ2v) is 4.60. The van der Waals surface area contributed by atoms with E-state index < -0.39 is 0 Å². The van der Waals surface area contributed by atoms with Gasteiger partial charge in [-0.2, -0.15) is 0 Å². The lowest BCUT2D eigenvalue weighted by Gasteiger charge is -2.05. The van der Waals surface area contributed by atoms with E-state index in [1.807, 2.05) is 18.3 Å². The molecule has 0 aliphatic heterocycles. The fourth-order valence-electron chi connectivity index (χ4n) is 1.81. The van der Waals surface area contributed by atoms with Crippen molar-refractivity contribution in [3.05, 3.63) is 34.4 Å². The average molecular weight is 258 g/mol. The Morgan fingerprint density at radius 3 is 2.75 bits per heavy atom. The number of unbranched alkanes of at least 4 members (excludes halogenated alkanes) is 1. The third-order valence-corrected chi connectivity index (χ3v) is 3.14. The highest BCUT2D eigenvalue weighted by Crippen LogP contribution is 2.28. The summed E-state index contributed by atoms with van der Waals surface area (Å²) in [5.41, 5.74) is 1.05. The monoisotopic (exact) mass is 257 g/mol. The summed E-state index contributed by atoms with van der Waals surface area (Å²) < 4.78 is 2.11. The number of hydrogen-bond donors (Lipinski definition) is 1. The number of hydrogen-bond acceptors (Lipinski definition) is 1. The number of aliphatic hydroxyl groups is 1. The van der Waals surface area contributed by atoms with Crippen LogP contribution in [0.3, 0.4) is 0 Å². The lowest BCUT2D eigenvalue weighted by atomic mass is 10.2. The molecule has 0 amide bonds. The van der Waals surface area contributed by atoms with E-state index >= 15 is 0 Å². The Bertz CT molecular complexity index is 493. The minimum atomic E-state index is 0.237. The van der Waals surface area contributed by atoms with E-state index in [2.05, 4.69) is 4.57 Å². The van der Waals surface area contributed by atoms with E-state index in [4.69, 9.17) is 28.3 Å². The smallest absolute Gasteiger partial charge is 0.0514 e. The Morgan fingerprint density at radius 2 is 2.00 bits per heavy atom. The van der Waals surface area contributed by atoms with Crippen LogP contribution in [0.25, 0.3) is 10.9 Å². The molecule has 86 valence electrons. The molecule has 1 aromatic heterocycles. The van der Waals surface area contributed by atoms with Crippen LogP contribution in [0.4, 0.5) is 0 Å². The summed E-state index contributed by atoms with van der Waals surface area (Å²) in [6, 6.07) is 5.66. The molecule has 1 N–H and O–H groups in total. The largest absolute Gasteiger partial charge is 0.396 e. The first-order valence-electron chi connectivity index (χ1n) is 5.27. The first-order chi connectivity index (χ1) is 7.72. The van der Waals surface area contributed by atoms with Gasteiger partial charge in [0.15, 0.2) is 0 Å². The number of fused-ring (bicyclic) bond motifs is 1. The molecule has 0 aliphatic rings. The lowest BCUT2D eigenvalue weighted by molar-refractivity contribution is 0.281. The van der Waals surface area contributed by atoms with Gasteiger partial charge in [-0.15, -0.1) is 0 Å². The summed E-state index contributed by atoms with van der Waals surface area (Å²) in [5.74, 6) is 0. The highest BCUT2D eigenvalue weighted by atomic mass is 35.5. The van der Waals surface area contributed by atoms with Gasteiger partial charge in [-0.05, 0) is 31.0 Å². The minimum Gasteiger partial charge on any atom is -0.396 e. The zero-order valence-corrected chi connectivity index (χ0v) is 10.3. The van der Waals surface area contributed by atoms with E-state index in [1.165, 1.54) is 0 Å². The molecule has 0 saturated carbocycles. The zero-order valence-electron chi connectivity index (χ0n) is 8.79. The predicted molar refractivity (Wildman–Crippen MR) is 68.3 cm³/mol. The molecule has 0 atom stereocenters. The zero-order chi connectivity index (χ0) is 11.5. The summed E-state index contributed by atoms with van der Waals surface area (Å²) in [6.07, 6.45) is 3.77. The Hall–Kier alpha value is -0.700. The van der Waals surface area contributed by atoms with Crippen LogP contribution >= 0.6 is 23.2 Å². The second kappa shape index (κ2) is 5.09. The summed E-state index contributed by atoms with van der Waals surface area (Å²) in [7, 11) is 0. The number of halogens is 2. The van der Waals surface area contributed by atoms with Crippen molar-refractivity contribution in [3.8, 4) is 0 Å². The Labute approximate surface area is 104 Å². The number of benzene rings is 1. The number of aryl methyl sites for hydroxylation is 1. The van der Waals surface area contributed by atoms with E-state index in [0.29, 0.717) is 10.0 Å². The molecule has 2 aromatic rings. The topological polar surface area (TPSA) is 25.2 Å². The molecule has 16 heavy (non-hydrogen) atoms. The van der Waals surface area contributed by atoms with E-state index in [0.717, 1.165) is 30.3 Å². The fourth-order valence-corrected chi connectivity index (χ4v) is 2.35. The van der Waals surface area contributed by atoms with Gasteiger partial charge in [-0.3, -0.25) is 0 Å². The summed E-state index contributed by atoms with van der Waals surface area (Å²) in [5, 5.41) is 11.1. The van der Waals surface area contributed by atoms with Gasteiger partial charge in [0.2, 0.25) is 0 Å². The van der Waals surface area contributed by atoms with Gasteiger partial charge in [-0.1, -0.05) is 23.2 Å². The standard InChI is InChI=1S/C12H13Cl2NO/c13-9-7-11(14)10-3-5-15(12(10)8-9)4-1-2-6-16/h3,5,7-8,16H,1-2,4,6H2. The molecule has 0 bridgehead atoms. The van der Waals surface area contributed by atoms with Gasteiger partial charge >= 0.3 is 0 Å². The van der Waals surface area contributed by atoms with Crippen LogP contribution in [-0.2, 0) is 6.54 Å². The van der Waals surface area contributed by atoms with Crippen molar-refractivity contribution in [1.82, 2.24) is 4.57 Å². The predicted octanol–water partition coefficient (Wildman–Crippen LogP) is 3.72. The molecule has 0 radical (unpaired) electrons. The van der Waals surface area contributed by atoms with Gasteiger partial charge in [0, 0.05) is 29.8 Å². The van der Waals surface area contributed by atoms with Crippen molar-refractivity contribution in [3.63, 3.8) is 0 Å². The quantitative estimate of drug-likeness (QED) is 0.830. The maximum absolute atomic E-state index is 8.74. The molecule has 0 aliphatic carbocycles. The summed E-state index contributed by atoms with van der Waals surface area (Å²) >= 11 is 12.1. The normalized spacial score (nSPS) is 11.2. The molecule has 4 heteroatoms. The molecule has 0 spiro atoms. The molecule has 2 nitrogen and oxygen atoms in total. The number of aliphatic hydroxyl groups excluding tert-OH is 1. The van der Waals surface area contributed by atoms with E-state index in [1.54, 1.807) is 6.07 Å². The Kier molecular flexibility index (Phi) is 3.74. The maximum Gasteiger partial charge on any atom is 0.0514 e. The molecule has 1 heterocycles. The van der Waals surface area contributed by atoms with Crippen molar-refractivity contribution in [2.45, 2.75) is 19.4 Å². The number of rotatable bonds is 4. The highest BCUT2D eigenvalue weighted by Gasteiger charge is 2.05. The first-order valence-corrected chi connectivity index (χ1v) is 6.02. The number of aromatic nitrogens is 1.